The van der Waals surface area contributed by atoms with E-state index in [1.807, 2.05) is 0 Å². The smallest absolute Gasteiger partial charge is 0.406 e. The van der Waals surface area contributed by atoms with Crippen LogP contribution < -0.4 is 4.74 Å². The molecule has 0 bridgehead atoms. The Morgan fingerprint density at radius 3 is 2.30 bits per heavy atom. The summed E-state index contributed by atoms with van der Waals surface area (Å²) in [6.07, 6.45) is -8.99. The van der Waals surface area contributed by atoms with Crippen LogP contribution in [-0.4, -0.2) is 16.5 Å². The molecule has 9 heteroatoms. The molecule has 2 rings (SSSR count). The van der Waals surface area contributed by atoms with Crippen molar-refractivity contribution in [1.82, 2.24) is 4.98 Å². The van der Waals surface area contributed by atoms with Gasteiger partial charge in [0.25, 0.3) is 0 Å². The second-order valence-electron chi connectivity index (χ2n) is 4.46. The Hall–Kier alpha value is -2.29. The molecule has 3 nitrogen and oxygen atoms in total. The van der Waals surface area contributed by atoms with Crippen molar-refractivity contribution in [1.29, 1.82) is 0 Å². The van der Waals surface area contributed by atoms with Gasteiger partial charge in [0, 0.05) is 17.3 Å². The van der Waals surface area contributed by atoms with Crippen LogP contribution in [0.1, 0.15) is 11.1 Å². The van der Waals surface area contributed by atoms with Crippen LogP contribution in [-0.2, 0) is 12.8 Å². The van der Waals surface area contributed by atoms with Gasteiger partial charge in [-0.2, -0.15) is 13.2 Å². The van der Waals surface area contributed by atoms with Crippen molar-refractivity contribution in [2.45, 2.75) is 19.1 Å². The van der Waals surface area contributed by atoms with Crippen LogP contribution in [0.25, 0.3) is 11.3 Å². The molecule has 0 saturated heterocycles. The molecule has 1 aromatic carbocycles. The highest BCUT2D eigenvalue weighted by atomic mass is 19.4. The van der Waals surface area contributed by atoms with Crippen molar-refractivity contribution in [3.8, 4) is 17.0 Å². The molecule has 0 saturated carbocycles. The molecule has 124 valence electrons. The minimum absolute atomic E-state index is 0.0619. The highest BCUT2D eigenvalue weighted by Gasteiger charge is 2.32. The molecule has 0 unspecified atom stereocenters. The van der Waals surface area contributed by atoms with Gasteiger partial charge in [0.15, 0.2) is 0 Å². The minimum Gasteiger partial charge on any atom is -0.406 e. The lowest BCUT2D eigenvalue weighted by Gasteiger charge is -2.13. The highest BCUT2D eigenvalue weighted by molar-refractivity contribution is 5.65. The molecule has 23 heavy (non-hydrogen) atoms. The van der Waals surface area contributed by atoms with Gasteiger partial charge in [0.05, 0.1) is 17.9 Å². The van der Waals surface area contributed by atoms with E-state index >= 15 is 0 Å². The lowest BCUT2D eigenvalue weighted by Crippen LogP contribution is -2.17. The first kappa shape index (κ1) is 17.1. The highest BCUT2D eigenvalue weighted by Crippen LogP contribution is 2.33. The fourth-order valence-electron chi connectivity index (χ4n) is 1.89. The van der Waals surface area contributed by atoms with E-state index in [-0.39, 0.29) is 16.8 Å². The summed E-state index contributed by atoms with van der Waals surface area (Å²) in [5.41, 5.74) is -1.20. The van der Waals surface area contributed by atoms with Gasteiger partial charge in [-0.15, -0.1) is 13.2 Å². The van der Waals surface area contributed by atoms with E-state index in [9.17, 15) is 31.4 Å². The lowest BCUT2D eigenvalue weighted by molar-refractivity contribution is -0.274. The first-order valence-electron chi connectivity index (χ1n) is 6.13. The monoisotopic (exact) mass is 337 g/mol. The normalized spacial score (nSPS) is 12.3. The Bertz CT molecular complexity index is 696. The second-order valence-corrected chi connectivity index (χ2v) is 4.46. The molecular formula is C14H9F6NO2. The molecule has 0 atom stereocenters. The average Bonchev–Trinajstić information content (AvgIpc) is 2.44. The summed E-state index contributed by atoms with van der Waals surface area (Å²) in [5.74, 6) is -0.541. The molecule has 0 fully saturated rings. The maximum Gasteiger partial charge on any atom is 0.573 e. The Morgan fingerprint density at radius 2 is 1.74 bits per heavy atom. The lowest BCUT2D eigenvalue weighted by atomic mass is 10.0. The Balaban J connectivity index is 2.44. The van der Waals surface area contributed by atoms with E-state index in [0.29, 0.717) is 12.3 Å². The van der Waals surface area contributed by atoms with Crippen LogP contribution in [0.3, 0.4) is 0 Å². The number of ether oxygens (including phenoxy) is 1. The molecular weight excluding hydrogens is 328 g/mol. The van der Waals surface area contributed by atoms with E-state index in [1.54, 1.807) is 0 Å². The number of aliphatic hydroxyl groups is 1. The number of aromatic nitrogens is 1. The van der Waals surface area contributed by atoms with Gasteiger partial charge in [0.2, 0.25) is 0 Å². The molecule has 1 heterocycles. The van der Waals surface area contributed by atoms with Crippen LogP contribution in [0.15, 0.2) is 36.5 Å². The van der Waals surface area contributed by atoms with E-state index in [0.717, 1.165) is 12.1 Å². The number of benzene rings is 1. The number of hydrogen-bond donors (Lipinski definition) is 1. The second kappa shape index (κ2) is 6.07. The molecule has 0 aliphatic heterocycles. The zero-order valence-electron chi connectivity index (χ0n) is 11.2. The van der Waals surface area contributed by atoms with Gasteiger partial charge in [-0.3, -0.25) is 4.98 Å². The first-order chi connectivity index (χ1) is 10.6. The average molecular weight is 337 g/mol. The third kappa shape index (κ3) is 4.35. The zero-order chi connectivity index (χ0) is 17.3. The third-order valence-electron chi connectivity index (χ3n) is 2.81. The van der Waals surface area contributed by atoms with Gasteiger partial charge in [-0.25, -0.2) is 0 Å². The summed E-state index contributed by atoms with van der Waals surface area (Å²) in [6.45, 7) is -0.753. The maximum absolute atomic E-state index is 12.6. The largest absolute Gasteiger partial charge is 0.573 e. The number of hydrogen-bond acceptors (Lipinski definition) is 3. The van der Waals surface area contributed by atoms with Crippen molar-refractivity contribution in [3.05, 3.63) is 47.7 Å². The first-order valence-corrected chi connectivity index (χ1v) is 6.13. The molecule has 0 amide bonds. The van der Waals surface area contributed by atoms with E-state index < -0.39 is 30.5 Å². The number of rotatable bonds is 3. The fourth-order valence-corrected chi connectivity index (χ4v) is 1.89. The fraction of sp³-hybridized carbons (Fsp3) is 0.214. The molecule has 2 aromatic rings. The summed E-state index contributed by atoms with van der Waals surface area (Å²) in [4.78, 5) is 3.61. The minimum atomic E-state index is -4.90. The third-order valence-corrected chi connectivity index (χ3v) is 2.81. The van der Waals surface area contributed by atoms with E-state index in [4.69, 9.17) is 0 Å². The van der Waals surface area contributed by atoms with Crippen LogP contribution >= 0.6 is 0 Å². The summed E-state index contributed by atoms with van der Waals surface area (Å²) in [5, 5.41) is 9.21. The summed E-state index contributed by atoms with van der Waals surface area (Å²) < 4.78 is 78.2. The van der Waals surface area contributed by atoms with Crippen molar-refractivity contribution >= 4 is 0 Å². The van der Waals surface area contributed by atoms with Gasteiger partial charge in [-0.05, 0) is 18.2 Å². The molecule has 0 aliphatic carbocycles. The van der Waals surface area contributed by atoms with Gasteiger partial charge in [-0.1, -0.05) is 12.1 Å². The Labute approximate surface area is 126 Å². The number of pyridine rings is 1. The van der Waals surface area contributed by atoms with E-state index in [2.05, 4.69) is 9.72 Å². The number of alkyl halides is 6. The SMILES string of the molecule is OCc1cc(C(F)(F)F)cnc1-c1cccc(OC(F)(F)F)c1. The van der Waals surface area contributed by atoms with Crippen LogP contribution in [0.4, 0.5) is 26.3 Å². The van der Waals surface area contributed by atoms with Crippen LogP contribution in [0.2, 0.25) is 0 Å². The van der Waals surface area contributed by atoms with Crippen LogP contribution in [0, 0.1) is 0 Å². The van der Waals surface area contributed by atoms with Gasteiger partial charge >= 0.3 is 12.5 Å². The maximum atomic E-state index is 12.6. The zero-order valence-corrected chi connectivity index (χ0v) is 11.2. The Kier molecular flexibility index (Phi) is 4.51. The molecule has 0 spiro atoms. The standard InChI is InChI=1S/C14H9F6NO2/c15-13(16,17)10-4-9(7-22)12(21-6-10)8-2-1-3-11(5-8)23-14(18,19)20/h1-6,22H,7H2. The molecule has 1 aromatic heterocycles. The molecule has 0 aliphatic rings. The number of aliphatic hydroxyl groups excluding tert-OH is 1. The Morgan fingerprint density at radius 1 is 1.04 bits per heavy atom. The quantitative estimate of drug-likeness (QED) is 0.856. The van der Waals surface area contributed by atoms with Gasteiger partial charge in [0.1, 0.15) is 5.75 Å². The topological polar surface area (TPSA) is 42.4 Å². The van der Waals surface area contributed by atoms with Crippen molar-refractivity contribution < 1.29 is 36.2 Å². The summed E-state index contributed by atoms with van der Waals surface area (Å²) >= 11 is 0. The van der Waals surface area contributed by atoms with Crippen molar-refractivity contribution in [2.75, 3.05) is 0 Å². The molecule has 0 radical (unpaired) electrons. The predicted octanol–water partition coefficient (Wildman–Crippen LogP) is 4.16. The summed E-state index contributed by atoms with van der Waals surface area (Å²) in [6, 6.07) is 5.29. The predicted molar refractivity (Wildman–Crippen MR) is 67.3 cm³/mol. The van der Waals surface area contributed by atoms with Crippen molar-refractivity contribution in [3.63, 3.8) is 0 Å². The number of nitrogens with zero attached hydrogens (tertiary/aromatic N) is 1. The van der Waals surface area contributed by atoms with Gasteiger partial charge < -0.3 is 9.84 Å². The number of halogens is 6. The van der Waals surface area contributed by atoms with Crippen molar-refractivity contribution in [2.24, 2.45) is 0 Å². The molecule has 1 N–H and O–H groups in total. The van der Waals surface area contributed by atoms with Crippen LogP contribution in [0.5, 0.6) is 5.75 Å². The van der Waals surface area contributed by atoms with E-state index in [1.165, 1.54) is 12.1 Å². The summed E-state index contributed by atoms with van der Waals surface area (Å²) in [7, 11) is 0.